The van der Waals surface area contributed by atoms with E-state index in [0.717, 1.165) is 5.75 Å². The second-order valence-electron chi connectivity index (χ2n) is 9.53. The van der Waals surface area contributed by atoms with Crippen LogP contribution in [0.5, 0.6) is 5.75 Å². The van der Waals surface area contributed by atoms with Crippen LogP contribution in [0.3, 0.4) is 0 Å². The van der Waals surface area contributed by atoms with E-state index >= 15 is 0 Å². The van der Waals surface area contributed by atoms with Gasteiger partial charge in [-0.05, 0) is 50.1 Å². The molecule has 1 heteroatoms. The van der Waals surface area contributed by atoms with Gasteiger partial charge in [0, 0.05) is 16.3 Å². The van der Waals surface area contributed by atoms with E-state index in [9.17, 15) is 0 Å². The molecule has 26 heavy (non-hydrogen) atoms. The number of methoxy groups -OCH3 is 1. The van der Waals surface area contributed by atoms with Gasteiger partial charge in [-0.1, -0.05) is 71.9 Å². The molecule has 0 bridgehead atoms. The highest BCUT2D eigenvalue weighted by Crippen LogP contribution is 2.44. The Morgan fingerprint density at radius 2 is 1.19 bits per heavy atom. The van der Waals surface area contributed by atoms with Crippen LogP contribution in [-0.4, -0.2) is 7.11 Å². The van der Waals surface area contributed by atoms with E-state index in [1.165, 1.54) is 43.4 Å². The maximum Gasteiger partial charge on any atom is 0.130 e. The molecule has 0 aromatic heterocycles. The molecule has 0 unspecified atom stereocenters. The van der Waals surface area contributed by atoms with E-state index in [0.29, 0.717) is 0 Å². The Bertz CT molecular complexity index is 1100. The van der Waals surface area contributed by atoms with E-state index in [1.54, 1.807) is 7.11 Å². The predicted molar refractivity (Wildman–Crippen MR) is 114 cm³/mol. The maximum absolute atomic E-state index is 5.91. The zero-order chi connectivity index (χ0) is 18.9. The van der Waals surface area contributed by atoms with Gasteiger partial charge >= 0.3 is 0 Å². The fourth-order valence-electron chi connectivity index (χ4n) is 4.08. The van der Waals surface area contributed by atoms with Gasteiger partial charge in [-0.2, -0.15) is 0 Å². The molecule has 0 aliphatic carbocycles. The van der Waals surface area contributed by atoms with E-state index in [4.69, 9.17) is 4.74 Å². The van der Waals surface area contributed by atoms with Gasteiger partial charge in [-0.3, -0.25) is 0 Å². The van der Waals surface area contributed by atoms with E-state index in [2.05, 4.69) is 84.0 Å². The molecule has 0 amide bonds. The Balaban J connectivity index is 2.19. The summed E-state index contributed by atoms with van der Waals surface area (Å²) in [5.74, 6) is 1.01. The van der Waals surface area contributed by atoms with Crippen LogP contribution in [0, 0.1) is 0 Å². The first kappa shape index (κ1) is 17.1. The molecule has 0 radical (unpaired) electrons. The second-order valence-corrected chi connectivity index (χ2v) is 9.53. The lowest BCUT2D eigenvalue weighted by Crippen LogP contribution is -2.13. The third kappa shape index (κ3) is 2.45. The zero-order valence-electron chi connectivity index (χ0n) is 16.9. The van der Waals surface area contributed by atoms with Crippen molar-refractivity contribution in [2.45, 2.75) is 52.4 Å². The SMILES string of the molecule is COc1c(C(C)(C)C)cc2ccc3cc(C(C)(C)C)cc4ccc1c2c34. The highest BCUT2D eigenvalue weighted by molar-refractivity contribution is 6.24. The van der Waals surface area contributed by atoms with Gasteiger partial charge < -0.3 is 4.74 Å². The third-order valence-electron chi connectivity index (χ3n) is 5.55. The molecule has 0 aliphatic rings. The van der Waals surface area contributed by atoms with Crippen LogP contribution >= 0.6 is 0 Å². The molecule has 0 saturated carbocycles. The molecule has 0 saturated heterocycles. The summed E-state index contributed by atoms with van der Waals surface area (Å²) < 4.78 is 5.91. The van der Waals surface area contributed by atoms with Crippen LogP contribution in [-0.2, 0) is 10.8 Å². The third-order valence-corrected chi connectivity index (χ3v) is 5.55. The van der Waals surface area contributed by atoms with Crippen molar-refractivity contribution < 1.29 is 4.74 Å². The number of hydrogen-bond donors (Lipinski definition) is 0. The molecule has 1 nitrogen and oxygen atoms in total. The first-order valence-electron chi connectivity index (χ1n) is 9.42. The highest BCUT2D eigenvalue weighted by Gasteiger charge is 2.24. The summed E-state index contributed by atoms with van der Waals surface area (Å²) in [4.78, 5) is 0. The lowest BCUT2D eigenvalue weighted by molar-refractivity contribution is 0.403. The highest BCUT2D eigenvalue weighted by atomic mass is 16.5. The minimum absolute atomic E-state index is 0.0369. The van der Waals surface area contributed by atoms with Crippen LogP contribution in [0.15, 0.2) is 42.5 Å². The minimum atomic E-state index is 0.0369. The molecule has 134 valence electrons. The van der Waals surface area contributed by atoms with Gasteiger partial charge in [0.1, 0.15) is 5.75 Å². The van der Waals surface area contributed by atoms with Crippen LogP contribution in [0.25, 0.3) is 32.3 Å². The second kappa shape index (κ2) is 5.36. The van der Waals surface area contributed by atoms with Crippen molar-refractivity contribution in [3.8, 4) is 5.75 Å². The lowest BCUT2D eigenvalue weighted by atomic mass is 9.80. The average Bonchev–Trinajstić information content (AvgIpc) is 2.56. The molecule has 4 aromatic carbocycles. The monoisotopic (exact) mass is 344 g/mol. The molecular weight excluding hydrogens is 316 g/mol. The summed E-state index contributed by atoms with van der Waals surface area (Å²) in [5.41, 5.74) is 2.82. The lowest BCUT2D eigenvalue weighted by Gasteiger charge is -2.26. The van der Waals surface area contributed by atoms with Crippen molar-refractivity contribution in [1.82, 2.24) is 0 Å². The first-order valence-corrected chi connectivity index (χ1v) is 9.42. The van der Waals surface area contributed by atoms with Crippen molar-refractivity contribution in [3.05, 3.63) is 53.6 Å². The quantitative estimate of drug-likeness (QED) is 0.332. The van der Waals surface area contributed by atoms with Gasteiger partial charge in [-0.15, -0.1) is 0 Å². The largest absolute Gasteiger partial charge is 0.496 e. The van der Waals surface area contributed by atoms with Crippen LogP contribution < -0.4 is 4.74 Å². The van der Waals surface area contributed by atoms with E-state index < -0.39 is 0 Å². The van der Waals surface area contributed by atoms with Crippen LogP contribution in [0.4, 0.5) is 0 Å². The molecule has 0 fully saturated rings. The first-order chi connectivity index (χ1) is 12.1. The van der Waals surface area contributed by atoms with Gasteiger partial charge in [0.25, 0.3) is 0 Å². The molecule has 0 heterocycles. The average molecular weight is 344 g/mol. The van der Waals surface area contributed by atoms with Crippen molar-refractivity contribution in [3.63, 3.8) is 0 Å². The Morgan fingerprint density at radius 1 is 0.654 bits per heavy atom. The van der Waals surface area contributed by atoms with Crippen molar-refractivity contribution >= 4 is 32.3 Å². The summed E-state index contributed by atoms with van der Waals surface area (Å²) >= 11 is 0. The number of hydrogen-bond acceptors (Lipinski definition) is 1. The number of ether oxygens (including phenoxy) is 1. The molecule has 0 N–H and O–H groups in total. The normalized spacial score (nSPS) is 13.2. The summed E-state index contributed by atoms with van der Waals surface area (Å²) in [7, 11) is 1.79. The zero-order valence-corrected chi connectivity index (χ0v) is 16.9. The molecule has 0 atom stereocenters. The van der Waals surface area contributed by atoms with E-state index in [-0.39, 0.29) is 10.8 Å². The van der Waals surface area contributed by atoms with Crippen LogP contribution in [0.2, 0.25) is 0 Å². The molecule has 0 aliphatic heterocycles. The number of rotatable bonds is 1. The van der Waals surface area contributed by atoms with Crippen molar-refractivity contribution in [1.29, 1.82) is 0 Å². The molecule has 0 spiro atoms. The summed E-state index contributed by atoms with van der Waals surface area (Å²) in [6, 6.07) is 16.1. The minimum Gasteiger partial charge on any atom is -0.496 e. The van der Waals surface area contributed by atoms with Gasteiger partial charge in [0.15, 0.2) is 0 Å². The van der Waals surface area contributed by atoms with Gasteiger partial charge in [-0.25, -0.2) is 0 Å². The Labute approximate surface area is 156 Å². The standard InChI is InChI=1S/C25H28O/c1-24(2,3)18-12-15-8-9-17-14-20(25(4,5)6)23(26-7)19-11-10-16(13-18)21(15)22(17)19/h8-14H,1-7H3. The molecule has 4 rings (SSSR count). The Morgan fingerprint density at radius 3 is 1.69 bits per heavy atom. The fourth-order valence-corrected chi connectivity index (χ4v) is 4.08. The molecule has 4 aromatic rings. The predicted octanol–water partition coefficient (Wildman–Crippen LogP) is 7.19. The van der Waals surface area contributed by atoms with Crippen molar-refractivity contribution in [2.24, 2.45) is 0 Å². The van der Waals surface area contributed by atoms with Gasteiger partial charge in [0.05, 0.1) is 7.11 Å². The van der Waals surface area contributed by atoms with E-state index in [1.807, 2.05) is 0 Å². The number of benzene rings is 4. The Kier molecular flexibility index (Phi) is 3.54. The summed E-state index contributed by atoms with van der Waals surface area (Å²) in [5, 5.41) is 7.83. The van der Waals surface area contributed by atoms with Crippen LogP contribution in [0.1, 0.15) is 52.7 Å². The van der Waals surface area contributed by atoms with Crippen molar-refractivity contribution in [2.75, 3.05) is 7.11 Å². The maximum atomic E-state index is 5.91. The fraction of sp³-hybridized carbons (Fsp3) is 0.360. The van der Waals surface area contributed by atoms with Gasteiger partial charge in [0.2, 0.25) is 0 Å². The summed E-state index contributed by atoms with van der Waals surface area (Å²) in [6.07, 6.45) is 0. The Hall–Kier alpha value is -2.28. The summed E-state index contributed by atoms with van der Waals surface area (Å²) in [6.45, 7) is 13.6. The molecular formula is C25H28O. The smallest absolute Gasteiger partial charge is 0.130 e. The topological polar surface area (TPSA) is 9.23 Å².